The summed E-state index contributed by atoms with van der Waals surface area (Å²) in [6.07, 6.45) is 0. The SMILES string of the molecule is C[Si]P1NCCN1. The molecule has 0 saturated carbocycles. The van der Waals surface area contributed by atoms with Crippen molar-refractivity contribution in [3.63, 3.8) is 0 Å². The van der Waals surface area contributed by atoms with Crippen LogP contribution in [0.1, 0.15) is 0 Å². The molecule has 40 valence electrons. The van der Waals surface area contributed by atoms with Gasteiger partial charge in [-0.3, -0.25) is 10.2 Å². The second-order valence-corrected chi connectivity index (χ2v) is 5.81. The van der Waals surface area contributed by atoms with Gasteiger partial charge in [0, 0.05) is 20.9 Å². The van der Waals surface area contributed by atoms with Gasteiger partial charge in [-0.15, -0.1) is 0 Å². The van der Waals surface area contributed by atoms with Crippen molar-refractivity contribution in [1.82, 2.24) is 10.2 Å². The van der Waals surface area contributed by atoms with E-state index in [1.165, 1.54) is 13.1 Å². The van der Waals surface area contributed by atoms with Crippen LogP contribution in [0.4, 0.5) is 0 Å². The summed E-state index contributed by atoms with van der Waals surface area (Å²) in [5.74, 6) is 0. The molecule has 0 aromatic carbocycles. The van der Waals surface area contributed by atoms with Gasteiger partial charge >= 0.3 is 0 Å². The molecule has 0 unspecified atom stereocenters. The van der Waals surface area contributed by atoms with Crippen molar-refractivity contribution in [2.24, 2.45) is 0 Å². The van der Waals surface area contributed by atoms with Gasteiger partial charge in [-0.2, -0.15) is 0 Å². The highest BCUT2D eigenvalue weighted by Crippen LogP contribution is 2.23. The lowest BCUT2D eigenvalue weighted by Gasteiger charge is -2.02. The summed E-state index contributed by atoms with van der Waals surface area (Å²) in [6.45, 7) is 4.58. The Labute approximate surface area is 47.6 Å². The normalized spacial score (nSPS) is 23.6. The number of hydrogen-bond acceptors (Lipinski definition) is 2. The first-order valence-electron chi connectivity index (χ1n) is 2.38. The highest BCUT2D eigenvalue weighted by Gasteiger charge is 2.08. The van der Waals surface area contributed by atoms with E-state index in [1.54, 1.807) is 0 Å². The summed E-state index contributed by atoms with van der Waals surface area (Å²) >= 11 is 0. The maximum atomic E-state index is 3.37. The smallest absolute Gasteiger partial charge is 0.113 e. The summed E-state index contributed by atoms with van der Waals surface area (Å²) in [6, 6.07) is 0. The lowest BCUT2D eigenvalue weighted by molar-refractivity contribution is 0.942. The average Bonchev–Trinajstić information content (AvgIpc) is 2.14. The maximum absolute atomic E-state index is 3.37. The van der Waals surface area contributed by atoms with E-state index in [-0.39, 0.29) is 7.77 Å². The summed E-state index contributed by atoms with van der Waals surface area (Å²) in [7, 11) is 1.14. The Bertz CT molecular complexity index is 54.9. The number of rotatable bonds is 1. The van der Waals surface area contributed by atoms with E-state index >= 15 is 0 Å². The van der Waals surface area contributed by atoms with Crippen LogP contribution in [-0.2, 0) is 0 Å². The molecule has 7 heavy (non-hydrogen) atoms. The van der Waals surface area contributed by atoms with Crippen molar-refractivity contribution in [3.8, 4) is 0 Å². The summed E-state index contributed by atoms with van der Waals surface area (Å²) in [4.78, 5) is 0. The van der Waals surface area contributed by atoms with Crippen LogP contribution < -0.4 is 10.2 Å². The van der Waals surface area contributed by atoms with Crippen molar-refractivity contribution in [3.05, 3.63) is 0 Å². The minimum atomic E-state index is 0.0849. The first-order valence-corrected chi connectivity index (χ1v) is 6.06. The van der Waals surface area contributed by atoms with Gasteiger partial charge in [0.2, 0.25) is 0 Å². The second kappa shape index (κ2) is 2.77. The van der Waals surface area contributed by atoms with Crippen LogP contribution in [0.25, 0.3) is 0 Å². The van der Waals surface area contributed by atoms with Crippen LogP contribution in [0.3, 0.4) is 0 Å². The van der Waals surface area contributed by atoms with Crippen molar-refractivity contribution < 1.29 is 0 Å². The van der Waals surface area contributed by atoms with Gasteiger partial charge in [-0.1, -0.05) is 6.55 Å². The van der Waals surface area contributed by atoms with Gasteiger partial charge in [-0.25, -0.2) is 0 Å². The third kappa shape index (κ3) is 1.50. The van der Waals surface area contributed by atoms with Crippen LogP contribution in [0.2, 0.25) is 6.55 Å². The van der Waals surface area contributed by atoms with Crippen LogP contribution >= 0.6 is 7.77 Å². The Kier molecular flexibility index (Phi) is 2.26. The van der Waals surface area contributed by atoms with E-state index in [2.05, 4.69) is 16.7 Å². The quantitative estimate of drug-likeness (QED) is 0.392. The molecule has 1 aliphatic rings. The van der Waals surface area contributed by atoms with Gasteiger partial charge in [0.05, 0.1) is 0 Å². The van der Waals surface area contributed by atoms with Crippen LogP contribution in [0.15, 0.2) is 0 Å². The molecule has 4 heteroatoms. The molecule has 1 saturated heterocycles. The summed E-state index contributed by atoms with van der Waals surface area (Å²) < 4.78 is 0. The Morgan fingerprint density at radius 1 is 1.43 bits per heavy atom. The van der Waals surface area contributed by atoms with Crippen molar-refractivity contribution in [1.29, 1.82) is 0 Å². The van der Waals surface area contributed by atoms with Gasteiger partial charge < -0.3 is 0 Å². The molecule has 1 aliphatic heterocycles. The lowest BCUT2D eigenvalue weighted by atomic mass is 10.7. The zero-order valence-corrected chi connectivity index (χ0v) is 6.26. The third-order valence-electron chi connectivity index (χ3n) is 0.888. The van der Waals surface area contributed by atoms with Gasteiger partial charge in [0.1, 0.15) is 9.19 Å². The fraction of sp³-hybridized carbons (Fsp3) is 1.00. The van der Waals surface area contributed by atoms with Gasteiger partial charge in [0.15, 0.2) is 0 Å². The second-order valence-electron chi connectivity index (χ2n) is 1.38. The van der Waals surface area contributed by atoms with Crippen molar-refractivity contribution >= 4 is 17.0 Å². The van der Waals surface area contributed by atoms with E-state index in [0.717, 1.165) is 9.19 Å². The van der Waals surface area contributed by atoms with Crippen molar-refractivity contribution in [2.45, 2.75) is 6.55 Å². The van der Waals surface area contributed by atoms with Crippen LogP contribution in [-0.4, -0.2) is 22.3 Å². The Balaban J connectivity index is 2.14. The predicted octanol–water partition coefficient (Wildman–Crippen LogP) is 0.158. The Morgan fingerprint density at radius 2 is 2.00 bits per heavy atom. The zero-order chi connectivity index (χ0) is 5.11. The minimum absolute atomic E-state index is 0.0849. The van der Waals surface area contributed by atoms with E-state index in [1.807, 2.05) is 0 Å². The number of hydrogen-bond donors (Lipinski definition) is 2. The molecule has 0 aromatic rings. The standard InChI is InChI=1S/C3H9N2PSi/c1-7-6-4-2-3-5-6/h4-5H,2-3H2,1H3. The molecular formula is C3H9N2PSi. The minimum Gasteiger partial charge on any atom is -0.287 e. The van der Waals surface area contributed by atoms with E-state index in [9.17, 15) is 0 Å². The predicted molar refractivity (Wildman–Crippen MR) is 34.5 cm³/mol. The average molecular weight is 132 g/mol. The topological polar surface area (TPSA) is 24.1 Å². The van der Waals surface area contributed by atoms with Crippen molar-refractivity contribution in [2.75, 3.05) is 13.1 Å². The molecule has 0 amide bonds. The first-order chi connectivity index (χ1) is 3.43. The largest absolute Gasteiger partial charge is 0.287 e. The molecule has 0 bridgehead atoms. The Hall–Kier alpha value is 0.567. The highest BCUT2D eigenvalue weighted by molar-refractivity contribution is 7.82. The fourth-order valence-electron chi connectivity index (χ4n) is 0.549. The first kappa shape index (κ1) is 5.70. The Morgan fingerprint density at radius 3 is 2.29 bits per heavy atom. The molecular weight excluding hydrogens is 123 g/mol. The molecule has 1 fully saturated rings. The van der Waals surface area contributed by atoms with Gasteiger partial charge in [0.25, 0.3) is 0 Å². The zero-order valence-electron chi connectivity index (χ0n) is 4.36. The molecule has 0 atom stereocenters. The summed E-state index contributed by atoms with van der Waals surface area (Å²) in [5, 5.41) is 6.74. The monoisotopic (exact) mass is 132 g/mol. The van der Waals surface area contributed by atoms with Crippen LogP contribution in [0.5, 0.6) is 0 Å². The van der Waals surface area contributed by atoms with Gasteiger partial charge in [-0.05, 0) is 0 Å². The molecule has 1 heterocycles. The van der Waals surface area contributed by atoms with E-state index in [0.29, 0.717) is 0 Å². The third-order valence-corrected chi connectivity index (χ3v) is 4.71. The van der Waals surface area contributed by atoms with E-state index < -0.39 is 0 Å². The summed E-state index contributed by atoms with van der Waals surface area (Å²) in [5.41, 5.74) is 0. The number of nitrogens with one attached hydrogen (secondary N) is 2. The van der Waals surface area contributed by atoms with E-state index in [4.69, 9.17) is 0 Å². The highest BCUT2D eigenvalue weighted by atomic mass is 31.4. The molecule has 0 aliphatic carbocycles. The fourth-order valence-corrected chi connectivity index (χ4v) is 3.27. The van der Waals surface area contributed by atoms with Crippen LogP contribution in [0, 0.1) is 0 Å². The lowest BCUT2D eigenvalue weighted by Crippen LogP contribution is -2.03. The molecule has 0 aromatic heterocycles. The molecule has 2 nitrogen and oxygen atoms in total. The molecule has 1 rings (SSSR count). The molecule has 2 N–H and O–H groups in total. The molecule has 0 spiro atoms. The maximum Gasteiger partial charge on any atom is 0.113 e. The molecule has 2 radical (unpaired) electrons.